The number of hydrogen-bond acceptors (Lipinski definition) is 5. The Morgan fingerprint density at radius 2 is 1.82 bits per heavy atom. The zero-order valence-electron chi connectivity index (χ0n) is 15.8. The lowest BCUT2D eigenvalue weighted by Crippen LogP contribution is -2.31. The van der Waals surface area contributed by atoms with Gasteiger partial charge in [0.1, 0.15) is 24.0 Å². The maximum absolute atomic E-state index is 12.2. The molecule has 28 heavy (non-hydrogen) atoms. The first-order chi connectivity index (χ1) is 13.7. The molecule has 0 aliphatic heterocycles. The molecule has 0 spiro atoms. The highest BCUT2D eigenvalue weighted by atomic mass is 16.5. The third kappa shape index (κ3) is 4.11. The largest absolute Gasteiger partial charge is 0.490 e. The molecule has 3 aromatic rings. The van der Waals surface area contributed by atoms with Gasteiger partial charge in [0.15, 0.2) is 0 Å². The summed E-state index contributed by atoms with van der Waals surface area (Å²) in [4.78, 5) is 12.2. The lowest BCUT2D eigenvalue weighted by atomic mass is 9.90. The SMILES string of the molecule is O=c1oc2cccc(OCC(O)CNCc3ccccc3)c2c2c1CCCC2. The first-order valence-corrected chi connectivity index (χ1v) is 9.85. The van der Waals surface area contributed by atoms with Crippen molar-refractivity contribution in [2.75, 3.05) is 13.2 Å². The summed E-state index contributed by atoms with van der Waals surface area (Å²) in [6, 6.07) is 15.6. The number of aryl methyl sites for hydroxylation is 1. The number of hydrogen-bond donors (Lipinski definition) is 2. The monoisotopic (exact) mass is 379 g/mol. The molecule has 146 valence electrons. The van der Waals surface area contributed by atoms with Crippen LogP contribution < -0.4 is 15.7 Å². The van der Waals surface area contributed by atoms with Gasteiger partial charge in [-0.3, -0.25) is 0 Å². The third-order valence-corrected chi connectivity index (χ3v) is 5.19. The summed E-state index contributed by atoms with van der Waals surface area (Å²) in [6.07, 6.45) is 3.06. The van der Waals surface area contributed by atoms with E-state index in [2.05, 4.69) is 5.32 Å². The molecule has 0 bridgehead atoms. The minimum Gasteiger partial charge on any atom is -0.490 e. The topological polar surface area (TPSA) is 71.7 Å². The molecule has 1 unspecified atom stereocenters. The van der Waals surface area contributed by atoms with Gasteiger partial charge in [-0.15, -0.1) is 0 Å². The van der Waals surface area contributed by atoms with E-state index in [9.17, 15) is 9.90 Å². The first-order valence-electron chi connectivity index (χ1n) is 9.85. The van der Waals surface area contributed by atoms with Crippen molar-refractivity contribution in [2.24, 2.45) is 0 Å². The minimum absolute atomic E-state index is 0.175. The van der Waals surface area contributed by atoms with Gasteiger partial charge in [-0.05, 0) is 48.9 Å². The first kappa shape index (κ1) is 18.7. The molecule has 0 saturated heterocycles. The van der Waals surface area contributed by atoms with Crippen LogP contribution in [0, 0.1) is 0 Å². The van der Waals surface area contributed by atoms with Crippen LogP contribution >= 0.6 is 0 Å². The molecule has 1 aliphatic rings. The number of rotatable bonds is 7. The molecule has 5 heteroatoms. The number of nitrogens with one attached hydrogen (secondary N) is 1. The summed E-state index contributed by atoms with van der Waals surface area (Å²) in [6.45, 7) is 1.31. The van der Waals surface area contributed by atoms with Gasteiger partial charge in [-0.25, -0.2) is 4.79 Å². The summed E-state index contributed by atoms with van der Waals surface area (Å²) >= 11 is 0. The van der Waals surface area contributed by atoms with Crippen LogP contribution in [0.2, 0.25) is 0 Å². The maximum Gasteiger partial charge on any atom is 0.339 e. The number of ether oxygens (including phenoxy) is 1. The minimum atomic E-state index is -0.634. The number of fused-ring (bicyclic) bond motifs is 3. The predicted octanol–water partition coefficient (Wildman–Crippen LogP) is 3.20. The van der Waals surface area contributed by atoms with Crippen LogP contribution in [0.25, 0.3) is 11.0 Å². The van der Waals surface area contributed by atoms with E-state index in [1.165, 1.54) is 5.56 Å². The molecule has 0 saturated carbocycles. The second-order valence-corrected chi connectivity index (χ2v) is 7.26. The van der Waals surface area contributed by atoms with Gasteiger partial charge in [0.05, 0.1) is 5.39 Å². The second-order valence-electron chi connectivity index (χ2n) is 7.26. The zero-order chi connectivity index (χ0) is 19.3. The Kier molecular flexibility index (Phi) is 5.74. The van der Waals surface area contributed by atoms with Gasteiger partial charge < -0.3 is 19.6 Å². The third-order valence-electron chi connectivity index (χ3n) is 5.19. The Morgan fingerprint density at radius 1 is 1.04 bits per heavy atom. The molecule has 0 amide bonds. The summed E-state index contributed by atoms with van der Waals surface area (Å²) in [5.74, 6) is 0.668. The molecule has 5 nitrogen and oxygen atoms in total. The Bertz CT molecular complexity index is 997. The van der Waals surface area contributed by atoms with E-state index in [1.807, 2.05) is 42.5 Å². The quantitative estimate of drug-likeness (QED) is 0.617. The normalized spacial score (nSPS) is 14.6. The molecule has 1 heterocycles. The number of benzene rings is 2. The van der Waals surface area contributed by atoms with Gasteiger partial charge in [0.25, 0.3) is 0 Å². The Hall–Kier alpha value is -2.63. The van der Waals surface area contributed by atoms with E-state index in [0.29, 0.717) is 24.4 Å². The van der Waals surface area contributed by atoms with Crippen LogP contribution in [0.15, 0.2) is 57.7 Å². The fourth-order valence-electron chi connectivity index (χ4n) is 3.81. The molecule has 0 fully saturated rings. The van der Waals surface area contributed by atoms with Gasteiger partial charge in [-0.2, -0.15) is 0 Å². The smallest absolute Gasteiger partial charge is 0.339 e. The molecule has 2 N–H and O–H groups in total. The van der Waals surface area contributed by atoms with Crippen molar-refractivity contribution >= 4 is 11.0 Å². The Balaban J connectivity index is 1.44. The van der Waals surface area contributed by atoms with Gasteiger partial charge in [0.2, 0.25) is 0 Å². The van der Waals surface area contributed by atoms with Crippen LogP contribution in [0.5, 0.6) is 5.75 Å². The standard InChI is InChI=1S/C23H25NO4/c25-17(14-24-13-16-7-2-1-3-8-16)15-27-20-11-6-12-21-22(20)18-9-4-5-10-19(18)23(26)28-21/h1-3,6-8,11-12,17,24-25H,4-5,9-10,13-15H2. The van der Waals surface area contributed by atoms with Gasteiger partial charge >= 0.3 is 5.63 Å². The van der Waals surface area contributed by atoms with Crippen molar-refractivity contribution in [1.82, 2.24) is 5.32 Å². The average Bonchev–Trinajstić information content (AvgIpc) is 2.73. The molecule has 2 aromatic carbocycles. The molecule has 4 rings (SSSR count). The van der Waals surface area contributed by atoms with Crippen LogP contribution in [0.4, 0.5) is 0 Å². The van der Waals surface area contributed by atoms with Crippen LogP contribution in [-0.4, -0.2) is 24.4 Å². The summed E-state index contributed by atoms with van der Waals surface area (Å²) in [5.41, 5.74) is 3.32. The molecular weight excluding hydrogens is 354 g/mol. The second kappa shape index (κ2) is 8.59. The van der Waals surface area contributed by atoms with Crippen molar-refractivity contribution in [3.8, 4) is 5.75 Å². The molecular formula is C23H25NO4. The Morgan fingerprint density at radius 3 is 2.64 bits per heavy atom. The van der Waals surface area contributed by atoms with E-state index in [1.54, 1.807) is 6.07 Å². The van der Waals surface area contributed by atoms with Crippen molar-refractivity contribution in [2.45, 2.75) is 38.3 Å². The van der Waals surface area contributed by atoms with E-state index in [0.717, 1.165) is 42.2 Å². The molecule has 0 radical (unpaired) electrons. The van der Waals surface area contributed by atoms with E-state index in [4.69, 9.17) is 9.15 Å². The summed E-state index contributed by atoms with van der Waals surface area (Å²) in [7, 11) is 0. The average molecular weight is 379 g/mol. The maximum atomic E-state index is 12.2. The van der Waals surface area contributed by atoms with Crippen LogP contribution in [0.1, 0.15) is 29.5 Å². The summed E-state index contributed by atoms with van der Waals surface area (Å²) < 4.78 is 11.4. The van der Waals surface area contributed by atoms with Gasteiger partial charge in [-0.1, -0.05) is 36.4 Å². The fraction of sp³-hybridized carbons (Fsp3) is 0.348. The predicted molar refractivity (Wildman–Crippen MR) is 109 cm³/mol. The lowest BCUT2D eigenvalue weighted by Gasteiger charge is -2.19. The molecule has 1 atom stereocenters. The Labute approximate surface area is 164 Å². The van der Waals surface area contributed by atoms with E-state index in [-0.39, 0.29) is 12.2 Å². The summed E-state index contributed by atoms with van der Waals surface area (Å²) in [5, 5.41) is 14.4. The lowest BCUT2D eigenvalue weighted by molar-refractivity contribution is 0.107. The number of aliphatic hydroxyl groups is 1. The van der Waals surface area contributed by atoms with Crippen LogP contribution in [0.3, 0.4) is 0 Å². The molecule has 1 aromatic heterocycles. The van der Waals surface area contributed by atoms with E-state index >= 15 is 0 Å². The van der Waals surface area contributed by atoms with Crippen LogP contribution in [-0.2, 0) is 19.4 Å². The highest BCUT2D eigenvalue weighted by Crippen LogP contribution is 2.33. The van der Waals surface area contributed by atoms with Crippen molar-refractivity contribution < 1.29 is 14.3 Å². The molecule has 1 aliphatic carbocycles. The fourth-order valence-corrected chi connectivity index (χ4v) is 3.81. The van der Waals surface area contributed by atoms with Crippen molar-refractivity contribution in [3.63, 3.8) is 0 Å². The highest BCUT2D eigenvalue weighted by molar-refractivity contribution is 5.87. The highest BCUT2D eigenvalue weighted by Gasteiger charge is 2.20. The van der Waals surface area contributed by atoms with Crippen molar-refractivity contribution in [1.29, 1.82) is 0 Å². The van der Waals surface area contributed by atoms with Crippen molar-refractivity contribution in [3.05, 3.63) is 75.6 Å². The van der Waals surface area contributed by atoms with E-state index < -0.39 is 6.10 Å². The number of aliphatic hydroxyl groups excluding tert-OH is 1. The zero-order valence-corrected chi connectivity index (χ0v) is 15.8. The van der Waals surface area contributed by atoms with Gasteiger partial charge in [0, 0.05) is 18.7 Å².